The highest BCUT2D eigenvalue weighted by Gasteiger charge is 2.28. The highest BCUT2D eigenvalue weighted by atomic mass is 79.9. The molecule has 1 aromatic heterocycles. The summed E-state index contributed by atoms with van der Waals surface area (Å²) in [6, 6.07) is 0. The van der Waals surface area contributed by atoms with Crippen molar-refractivity contribution < 1.29 is 14.3 Å². The van der Waals surface area contributed by atoms with Crippen molar-refractivity contribution in [3.8, 4) is 0 Å². The van der Waals surface area contributed by atoms with Crippen molar-refractivity contribution >= 4 is 39.0 Å². The van der Waals surface area contributed by atoms with E-state index in [0.717, 1.165) is 36.3 Å². The zero-order valence-electron chi connectivity index (χ0n) is 9.36. The molecule has 1 unspecified atom stereocenters. The number of hydrogen-bond donors (Lipinski definition) is 0. The number of carbonyl (C=O) groups is 2. The number of thiazole rings is 1. The third-order valence-electron chi connectivity index (χ3n) is 2.53. The Hall–Kier alpha value is -0.750. The van der Waals surface area contributed by atoms with Crippen molar-refractivity contribution in [3.63, 3.8) is 0 Å². The number of ketones is 1. The van der Waals surface area contributed by atoms with Gasteiger partial charge in [-0.3, -0.25) is 4.79 Å². The average Bonchev–Trinajstić information content (AvgIpc) is 2.67. The van der Waals surface area contributed by atoms with Gasteiger partial charge >= 0.3 is 5.97 Å². The van der Waals surface area contributed by atoms with Gasteiger partial charge in [0.1, 0.15) is 0 Å². The molecule has 0 radical (unpaired) electrons. The molecule has 1 atom stereocenters. The molecule has 0 bridgehead atoms. The SMILES string of the molecule is CCOC(=O)c1nc2c(s1)C(=O)C(Br)CCC2. The number of aromatic nitrogens is 1. The van der Waals surface area contributed by atoms with Crippen LogP contribution in [0.1, 0.15) is 44.9 Å². The lowest BCUT2D eigenvalue weighted by Gasteiger charge is -2.01. The summed E-state index contributed by atoms with van der Waals surface area (Å²) in [5, 5.41) is 0.284. The third-order valence-corrected chi connectivity index (χ3v) is 4.49. The molecule has 6 heteroatoms. The van der Waals surface area contributed by atoms with Crippen LogP contribution in [0.2, 0.25) is 0 Å². The molecule has 1 aliphatic rings. The van der Waals surface area contributed by atoms with Crippen LogP contribution < -0.4 is 0 Å². The molecule has 0 saturated carbocycles. The van der Waals surface area contributed by atoms with Crippen LogP contribution >= 0.6 is 27.3 Å². The largest absolute Gasteiger partial charge is 0.461 e. The third kappa shape index (κ3) is 2.57. The van der Waals surface area contributed by atoms with Crippen molar-refractivity contribution in [1.29, 1.82) is 0 Å². The fourth-order valence-electron chi connectivity index (χ4n) is 1.72. The molecule has 1 heterocycles. The number of rotatable bonds is 2. The highest BCUT2D eigenvalue weighted by Crippen LogP contribution is 2.29. The Morgan fingerprint density at radius 2 is 2.41 bits per heavy atom. The fraction of sp³-hybridized carbons (Fsp3) is 0.545. The van der Waals surface area contributed by atoms with Crippen LogP contribution in [0.5, 0.6) is 0 Å². The lowest BCUT2D eigenvalue weighted by Crippen LogP contribution is -2.11. The second-order valence-corrected chi connectivity index (χ2v) is 5.84. The number of Topliss-reactive ketones (excluding diaryl/α,β-unsaturated/α-hetero) is 1. The molecule has 0 N–H and O–H groups in total. The molecular formula is C11H12BrNO3S. The predicted octanol–water partition coefficient (Wildman–Crippen LogP) is 2.60. The number of carbonyl (C=O) groups excluding carboxylic acids is 2. The van der Waals surface area contributed by atoms with Crippen molar-refractivity contribution in [2.45, 2.75) is 31.0 Å². The van der Waals surface area contributed by atoms with Gasteiger partial charge in [0.05, 0.1) is 22.0 Å². The maximum atomic E-state index is 12.0. The van der Waals surface area contributed by atoms with E-state index in [1.165, 1.54) is 0 Å². The number of ether oxygens (including phenoxy) is 1. The molecule has 0 amide bonds. The topological polar surface area (TPSA) is 56.3 Å². The van der Waals surface area contributed by atoms with Gasteiger partial charge in [-0.15, -0.1) is 11.3 Å². The van der Waals surface area contributed by atoms with Gasteiger partial charge in [-0.05, 0) is 26.2 Å². The molecule has 2 rings (SSSR count). The Morgan fingerprint density at radius 1 is 1.65 bits per heavy atom. The molecule has 17 heavy (non-hydrogen) atoms. The Balaban J connectivity index is 2.31. The van der Waals surface area contributed by atoms with Gasteiger partial charge < -0.3 is 4.74 Å². The summed E-state index contributed by atoms with van der Waals surface area (Å²) in [4.78, 5) is 28.2. The number of halogens is 1. The molecule has 4 nitrogen and oxygen atoms in total. The first-order valence-electron chi connectivity index (χ1n) is 5.48. The van der Waals surface area contributed by atoms with Crippen molar-refractivity contribution in [2.24, 2.45) is 0 Å². The van der Waals surface area contributed by atoms with Gasteiger partial charge in [0.15, 0.2) is 5.78 Å². The maximum Gasteiger partial charge on any atom is 0.367 e. The Morgan fingerprint density at radius 3 is 3.12 bits per heavy atom. The fourth-order valence-corrected chi connectivity index (χ4v) is 3.42. The maximum absolute atomic E-state index is 12.0. The van der Waals surface area contributed by atoms with E-state index in [0.29, 0.717) is 11.5 Å². The monoisotopic (exact) mass is 317 g/mol. The lowest BCUT2D eigenvalue weighted by atomic mass is 10.2. The van der Waals surface area contributed by atoms with E-state index < -0.39 is 5.97 Å². The number of esters is 1. The zero-order valence-corrected chi connectivity index (χ0v) is 11.8. The minimum atomic E-state index is -0.440. The summed E-state index contributed by atoms with van der Waals surface area (Å²) in [6.07, 6.45) is 2.47. The molecule has 1 aromatic rings. The van der Waals surface area contributed by atoms with Gasteiger partial charge in [-0.1, -0.05) is 15.9 Å². The Labute approximate surface area is 112 Å². The predicted molar refractivity (Wildman–Crippen MR) is 68.1 cm³/mol. The van der Waals surface area contributed by atoms with E-state index in [1.54, 1.807) is 6.92 Å². The van der Waals surface area contributed by atoms with E-state index in [-0.39, 0.29) is 15.6 Å². The first kappa shape index (κ1) is 12.7. The van der Waals surface area contributed by atoms with Gasteiger partial charge in [0.2, 0.25) is 5.01 Å². The van der Waals surface area contributed by atoms with Crippen LogP contribution in [0.25, 0.3) is 0 Å². The Bertz CT molecular complexity index is 458. The summed E-state index contributed by atoms with van der Waals surface area (Å²) in [5.74, 6) is -0.407. The Kier molecular flexibility index (Phi) is 3.93. The molecule has 0 spiro atoms. The summed E-state index contributed by atoms with van der Waals surface area (Å²) < 4.78 is 4.88. The summed E-state index contributed by atoms with van der Waals surface area (Å²) in [6.45, 7) is 2.06. The van der Waals surface area contributed by atoms with Crippen LogP contribution in [0.3, 0.4) is 0 Å². The standard InChI is InChI=1S/C11H12BrNO3S/c1-2-16-11(15)10-13-7-5-3-4-6(12)8(14)9(7)17-10/h6H,2-5H2,1H3. The molecule has 0 fully saturated rings. The van der Waals surface area contributed by atoms with Gasteiger partial charge in [-0.2, -0.15) is 0 Å². The van der Waals surface area contributed by atoms with Crippen LogP contribution in [0.15, 0.2) is 0 Å². The van der Waals surface area contributed by atoms with E-state index in [1.807, 2.05) is 0 Å². The quantitative estimate of drug-likeness (QED) is 0.478. The molecule has 1 aliphatic carbocycles. The molecule has 92 valence electrons. The summed E-state index contributed by atoms with van der Waals surface area (Å²) in [5.41, 5.74) is 0.741. The summed E-state index contributed by atoms with van der Waals surface area (Å²) in [7, 11) is 0. The average molecular weight is 318 g/mol. The number of aryl methyl sites for hydroxylation is 1. The van der Waals surface area contributed by atoms with E-state index in [2.05, 4.69) is 20.9 Å². The second-order valence-electron chi connectivity index (χ2n) is 3.74. The molecular weight excluding hydrogens is 306 g/mol. The zero-order chi connectivity index (χ0) is 12.4. The number of nitrogens with zero attached hydrogens (tertiary/aromatic N) is 1. The number of alkyl halides is 1. The lowest BCUT2D eigenvalue weighted by molar-refractivity contribution is 0.0525. The minimum absolute atomic E-state index is 0.0329. The smallest absolute Gasteiger partial charge is 0.367 e. The number of fused-ring (bicyclic) bond motifs is 1. The first-order valence-corrected chi connectivity index (χ1v) is 7.21. The minimum Gasteiger partial charge on any atom is -0.461 e. The van der Waals surface area contributed by atoms with Crippen LogP contribution in [0, 0.1) is 0 Å². The molecule has 0 aliphatic heterocycles. The van der Waals surface area contributed by atoms with Crippen molar-refractivity contribution in [3.05, 3.63) is 15.6 Å². The summed E-state index contributed by atoms with van der Waals surface area (Å²) >= 11 is 4.51. The first-order chi connectivity index (χ1) is 8.13. The molecule has 0 aromatic carbocycles. The van der Waals surface area contributed by atoms with Crippen molar-refractivity contribution in [2.75, 3.05) is 6.61 Å². The molecule has 0 saturated heterocycles. The van der Waals surface area contributed by atoms with Crippen LogP contribution in [-0.2, 0) is 11.2 Å². The number of hydrogen-bond acceptors (Lipinski definition) is 5. The van der Waals surface area contributed by atoms with Gasteiger partial charge in [0, 0.05) is 0 Å². The second kappa shape index (κ2) is 5.27. The highest BCUT2D eigenvalue weighted by molar-refractivity contribution is 9.10. The van der Waals surface area contributed by atoms with E-state index >= 15 is 0 Å². The van der Waals surface area contributed by atoms with Crippen LogP contribution in [0.4, 0.5) is 0 Å². The van der Waals surface area contributed by atoms with E-state index in [9.17, 15) is 9.59 Å². The normalized spacial score (nSPS) is 19.6. The van der Waals surface area contributed by atoms with E-state index in [4.69, 9.17) is 4.74 Å². The van der Waals surface area contributed by atoms with Gasteiger partial charge in [0.25, 0.3) is 0 Å². The van der Waals surface area contributed by atoms with Crippen molar-refractivity contribution in [1.82, 2.24) is 4.98 Å². The van der Waals surface area contributed by atoms with Crippen LogP contribution in [-0.4, -0.2) is 28.2 Å². The van der Waals surface area contributed by atoms with Gasteiger partial charge in [-0.25, -0.2) is 9.78 Å².